The molecule has 252 valence electrons. The smallest absolute Gasteiger partial charge is 0.390 e. The van der Waals surface area contributed by atoms with Crippen LogP contribution in [0, 0.1) is 0 Å². The van der Waals surface area contributed by atoms with E-state index in [9.17, 15) is 43.0 Å². The monoisotopic (exact) mass is 710 g/mol. The number of aryl methyl sites for hydroxylation is 1. The number of hydrogen-bond acceptors (Lipinski definition) is 12. The van der Waals surface area contributed by atoms with Gasteiger partial charge >= 0.3 is 29.2 Å². The van der Waals surface area contributed by atoms with Crippen molar-refractivity contribution < 1.29 is 61.1 Å². The molecule has 46 heavy (non-hydrogen) atoms. The topological polar surface area (TPSA) is 322 Å². The first-order valence-corrected chi connectivity index (χ1v) is 17.5. The maximum Gasteiger partial charge on any atom is 0.490 e. The van der Waals surface area contributed by atoms with Gasteiger partial charge in [-0.15, -0.1) is 0 Å². The largest absolute Gasteiger partial charge is 0.490 e. The Kier molecular flexibility index (Phi) is 13.0. The Morgan fingerprint density at radius 3 is 2.50 bits per heavy atom. The van der Waals surface area contributed by atoms with E-state index in [0.29, 0.717) is 18.5 Å². The summed E-state index contributed by atoms with van der Waals surface area (Å²) in [6, 6.07) is 6.93. The van der Waals surface area contributed by atoms with Gasteiger partial charge in [-0.25, -0.2) is 18.5 Å². The first-order chi connectivity index (χ1) is 21.5. The van der Waals surface area contributed by atoms with E-state index in [4.69, 9.17) is 20.1 Å². The van der Waals surface area contributed by atoms with Gasteiger partial charge in [-0.05, 0) is 23.9 Å². The van der Waals surface area contributed by atoms with Crippen LogP contribution in [0.4, 0.5) is 5.69 Å². The van der Waals surface area contributed by atoms with Crippen LogP contribution in [0.3, 0.4) is 0 Å². The molecule has 0 spiro atoms. The van der Waals surface area contributed by atoms with E-state index >= 15 is 0 Å². The number of benzene rings is 1. The molecular formula is C22H29N6O15P3. The predicted octanol–water partition coefficient (Wildman–Crippen LogP) is 1.62. The lowest BCUT2D eigenvalue weighted by Crippen LogP contribution is -2.33. The Hall–Kier alpha value is -3.25. The van der Waals surface area contributed by atoms with E-state index in [2.05, 4.69) is 33.5 Å². The second-order valence-corrected chi connectivity index (χ2v) is 13.9. The first-order valence-electron chi connectivity index (χ1n) is 13.0. The zero-order valence-electron chi connectivity index (χ0n) is 23.5. The van der Waals surface area contributed by atoms with E-state index in [1.54, 1.807) is 24.3 Å². The molecule has 1 aliphatic heterocycles. The highest BCUT2D eigenvalue weighted by atomic mass is 31.3. The average molecular weight is 710 g/mol. The van der Waals surface area contributed by atoms with Crippen molar-refractivity contribution in [1.29, 1.82) is 0 Å². The lowest BCUT2D eigenvalue weighted by atomic mass is 10.1. The highest BCUT2D eigenvalue weighted by molar-refractivity contribution is 7.66. The zero-order chi connectivity index (χ0) is 34.1. The number of hydrogen-bond donors (Lipinski definition) is 7. The van der Waals surface area contributed by atoms with Crippen molar-refractivity contribution >= 4 is 41.1 Å². The average Bonchev–Trinajstić information content (AvgIpc) is 3.30. The molecule has 0 bridgehead atoms. The van der Waals surface area contributed by atoms with Crippen LogP contribution in [0.5, 0.6) is 0 Å². The summed E-state index contributed by atoms with van der Waals surface area (Å²) in [6.45, 7) is -0.894. The quantitative estimate of drug-likeness (QED) is 0.0563. The van der Waals surface area contributed by atoms with Gasteiger partial charge in [0.05, 0.1) is 18.3 Å². The number of aliphatic hydroxyl groups is 1. The number of carbonyl (C=O) groups is 1. The summed E-state index contributed by atoms with van der Waals surface area (Å²) in [5, 5.41) is 16.4. The number of phosphoric acid groups is 3. The number of aromatic amines is 1. The Bertz CT molecular complexity index is 1730. The molecule has 2 heterocycles. The third-order valence-corrected chi connectivity index (χ3v) is 9.81. The second kappa shape index (κ2) is 16.0. The molecule has 1 amide bonds. The number of phosphoric ester groups is 1. The molecule has 1 aromatic heterocycles. The summed E-state index contributed by atoms with van der Waals surface area (Å²) in [5.74, 6) is -0.246. The van der Waals surface area contributed by atoms with Crippen molar-refractivity contribution in [3.05, 3.63) is 78.9 Å². The lowest BCUT2D eigenvalue weighted by molar-refractivity contribution is -0.120. The number of aliphatic hydroxyl groups excluding tert-OH is 1. The van der Waals surface area contributed by atoms with Gasteiger partial charge in [-0.3, -0.25) is 23.7 Å². The van der Waals surface area contributed by atoms with Gasteiger partial charge < -0.3 is 34.7 Å². The molecule has 0 aliphatic carbocycles. The SMILES string of the molecule is [N-]=[N+]=Nc1ccc(CCCC(=O)NC/C=C/c2cn([C@H]3C[C@H](O)[C@@H](COP(=O)(O)OP(=O)(O)OP(=O)(O)O)O3)c(=O)[nH]c2=O)cc1. The van der Waals surface area contributed by atoms with E-state index in [-0.39, 0.29) is 30.9 Å². The highest BCUT2D eigenvalue weighted by Crippen LogP contribution is 2.66. The maximum absolute atomic E-state index is 12.4. The van der Waals surface area contributed by atoms with E-state index in [0.717, 1.165) is 16.3 Å². The fraction of sp³-hybridized carbons (Fsp3) is 0.409. The lowest BCUT2D eigenvalue weighted by Gasteiger charge is -2.19. The van der Waals surface area contributed by atoms with Crippen molar-refractivity contribution in [3.8, 4) is 0 Å². The number of carbonyl (C=O) groups excluding carboxylic acids is 1. The fourth-order valence-electron chi connectivity index (χ4n) is 4.02. The van der Waals surface area contributed by atoms with Crippen LogP contribution in [0.2, 0.25) is 0 Å². The van der Waals surface area contributed by atoms with Crippen molar-refractivity contribution in [2.24, 2.45) is 5.11 Å². The Balaban J connectivity index is 1.52. The number of azide groups is 1. The minimum absolute atomic E-state index is 0.0205. The summed E-state index contributed by atoms with van der Waals surface area (Å²) in [7, 11) is -16.8. The normalized spacial score (nSPS) is 20.9. The van der Waals surface area contributed by atoms with E-state index in [1.807, 2.05) is 0 Å². The van der Waals surface area contributed by atoms with Crippen LogP contribution in [-0.4, -0.2) is 65.5 Å². The molecule has 2 aromatic rings. The summed E-state index contributed by atoms with van der Waals surface area (Å²) < 4.78 is 52.2. The molecule has 2 unspecified atom stereocenters. The van der Waals surface area contributed by atoms with Crippen LogP contribution in [-0.2, 0) is 42.8 Å². The molecular weight excluding hydrogens is 681 g/mol. The molecule has 3 rings (SSSR count). The van der Waals surface area contributed by atoms with Gasteiger partial charge in [0.2, 0.25) is 5.91 Å². The summed E-state index contributed by atoms with van der Waals surface area (Å²) >= 11 is 0. The number of nitrogens with one attached hydrogen (secondary N) is 2. The van der Waals surface area contributed by atoms with Crippen LogP contribution in [0.25, 0.3) is 16.5 Å². The molecule has 0 radical (unpaired) electrons. The summed E-state index contributed by atoms with van der Waals surface area (Å²) in [6.07, 6.45) is 1.01. The van der Waals surface area contributed by atoms with E-state index in [1.165, 1.54) is 12.2 Å². The molecule has 1 aliphatic rings. The molecule has 7 N–H and O–H groups in total. The minimum atomic E-state index is -5.75. The van der Waals surface area contributed by atoms with Crippen molar-refractivity contribution in [2.75, 3.05) is 13.2 Å². The van der Waals surface area contributed by atoms with Crippen molar-refractivity contribution in [1.82, 2.24) is 14.9 Å². The third-order valence-electron chi connectivity index (χ3n) is 6.01. The molecule has 1 aromatic carbocycles. The van der Waals surface area contributed by atoms with Crippen LogP contribution in [0.1, 0.15) is 36.6 Å². The number of aromatic nitrogens is 2. The maximum atomic E-state index is 12.4. The third kappa shape index (κ3) is 12.2. The Morgan fingerprint density at radius 2 is 1.85 bits per heavy atom. The molecule has 24 heteroatoms. The van der Waals surface area contributed by atoms with Crippen molar-refractivity contribution in [3.63, 3.8) is 0 Å². The zero-order valence-corrected chi connectivity index (χ0v) is 26.1. The first kappa shape index (κ1) is 37.2. The highest BCUT2D eigenvalue weighted by Gasteiger charge is 2.43. The fourth-order valence-corrected chi connectivity index (χ4v) is 7.05. The minimum Gasteiger partial charge on any atom is -0.390 e. The van der Waals surface area contributed by atoms with Crippen molar-refractivity contribution in [2.45, 2.75) is 44.1 Å². The van der Waals surface area contributed by atoms with Gasteiger partial charge in [0.25, 0.3) is 5.56 Å². The molecule has 1 saturated heterocycles. The summed E-state index contributed by atoms with van der Waals surface area (Å²) in [5.41, 5.74) is 8.18. The van der Waals surface area contributed by atoms with Gasteiger partial charge in [0.1, 0.15) is 12.3 Å². The number of amides is 1. The van der Waals surface area contributed by atoms with Crippen LogP contribution < -0.4 is 16.6 Å². The molecule has 21 nitrogen and oxygen atoms in total. The molecule has 0 saturated carbocycles. The summed E-state index contributed by atoms with van der Waals surface area (Å²) in [4.78, 5) is 77.6. The second-order valence-electron chi connectivity index (χ2n) is 9.49. The standard InChI is InChI=1S/C22H29N6O15P3/c23-27-26-16-8-6-14(7-9-16)3-1-5-19(30)24-10-2-4-15-12-28(22(32)25-21(15)31)20-11-17(29)18(41-20)13-40-45(36,37)43-46(38,39)42-44(33,34)35/h2,4,6-9,12,17-18,20,29H,1,3,5,10-11,13H2,(H,24,30)(H,36,37)(H,38,39)(H,25,31,32)(H2,33,34,35)/b4-2+/t17-,18+,20+/m0/s1. The van der Waals surface area contributed by atoms with Crippen LogP contribution >= 0.6 is 23.5 Å². The Morgan fingerprint density at radius 1 is 1.15 bits per heavy atom. The number of ether oxygens (including phenoxy) is 1. The number of rotatable bonds is 16. The van der Waals surface area contributed by atoms with E-state index < -0.39 is 59.8 Å². The van der Waals surface area contributed by atoms with Gasteiger partial charge in [0, 0.05) is 36.2 Å². The molecule has 1 fully saturated rings. The van der Waals surface area contributed by atoms with Gasteiger partial charge in [0.15, 0.2) is 0 Å². The van der Waals surface area contributed by atoms with Gasteiger partial charge in [-0.1, -0.05) is 41.5 Å². The molecule has 5 atom stereocenters. The number of H-pyrrole nitrogens is 1. The number of nitrogens with zero attached hydrogens (tertiary/aromatic N) is 4. The Labute approximate surface area is 258 Å². The van der Waals surface area contributed by atoms with Gasteiger partial charge in [-0.2, -0.15) is 8.62 Å². The van der Waals surface area contributed by atoms with Crippen LogP contribution in [0.15, 0.2) is 51.2 Å². The predicted molar refractivity (Wildman–Crippen MR) is 156 cm³/mol.